The highest BCUT2D eigenvalue weighted by Crippen LogP contribution is 2.28. The van der Waals surface area contributed by atoms with E-state index in [1.165, 1.54) is 11.1 Å². The van der Waals surface area contributed by atoms with Crippen LogP contribution in [0.4, 0.5) is 5.69 Å². The molecular formula is C29H30N2O2. The normalized spacial score (nSPS) is 12.5. The molecule has 4 heteroatoms. The van der Waals surface area contributed by atoms with Crippen LogP contribution in [0.15, 0.2) is 77.2 Å². The molecule has 1 heterocycles. The van der Waals surface area contributed by atoms with Gasteiger partial charge in [-0.25, -0.2) is 4.98 Å². The molecule has 1 amide bonds. The number of anilines is 1. The SMILES string of the molecule is CCC(C)c1ccc2oc(-c3ccc(NC(=O)C=Cc4ccc(C(C)C)cc4)cc3)nc2c1. The molecule has 0 fully saturated rings. The Morgan fingerprint density at radius 3 is 2.33 bits per heavy atom. The Hall–Kier alpha value is -3.66. The number of oxazole rings is 1. The lowest BCUT2D eigenvalue weighted by Crippen LogP contribution is -2.07. The molecule has 3 aromatic carbocycles. The molecule has 1 N–H and O–H groups in total. The van der Waals surface area contributed by atoms with E-state index in [2.05, 4.69) is 62.3 Å². The Labute approximate surface area is 195 Å². The van der Waals surface area contributed by atoms with Crippen LogP contribution in [0.25, 0.3) is 28.6 Å². The fourth-order valence-corrected chi connectivity index (χ4v) is 3.65. The van der Waals surface area contributed by atoms with Gasteiger partial charge in [-0.2, -0.15) is 0 Å². The molecule has 0 aliphatic rings. The number of hydrogen-bond acceptors (Lipinski definition) is 3. The van der Waals surface area contributed by atoms with Gasteiger partial charge in [0.05, 0.1) is 0 Å². The summed E-state index contributed by atoms with van der Waals surface area (Å²) in [7, 11) is 0. The summed E-state index contributed by atoms with van der Waals surface area (Å²) >= 11 is 0. The van der Waals surface area contributed by atoms with Crippen molar-refractivity contribution in [2.24, 2.45) is 0 Å². The van der Waals surface area contributed by atoms with Crippen molar-refractivity contribution in [3.63, 3.8) is 0 Å². The summed E-state index contributed by atoms with van der Waals surface area (Å²) in [6, 6.07) is 22.0. The van der Waals surface area contributed by atoms with Gasteiger partial charge >= 0.3 is 0 Å². The van der Waals surface area contributed by atoms with Gasteiger partial charge in [0.25, 0.3) is 0 Å². The van der Waals surface area contributed by atoms with Gasteiger partial charge in [0.2, 0.25) is 11.8 Å². The van der Waals surface area contributed by atoms with Crippen LogP contribution >= 0.6 is 0 Å². The van der Waals surface area contributed by atoms with E-state index < -0.39 is 0 Å². The quantitative estimate of drug-likeness (QED) is 0.300. The maximum absolute atomic E-state index is 12.3. The van der Waals surface area contributed by atoms with Crippen LogP contribution in [0.2, 0.25) is 0 Å². The Morgan fingerprint density at radius 1 is 0.970 bits per heavy atom. The van der Waals surface area contributed by atoms with Gasteiger partial charge in [0.1, 0.15) is 5.52 Å². The summed E-state index contributed by atoms with van der Waals surface area (Å²) in [5.74, 6) is 1.39. The third-order valence-electron chi connectivity index (χ3n) is 6.02. The van der Waals surface area contributed by atoms with Crippen LogP contribution in [0.5, 0.6) is 0 Å². The maximum atomic E-state index is 12.3. The fraction of sp³-hybridized carbons (Fsp3) is 0.241. The van der Waals surface area contributed by atoms with Gasteiger partial charge < -0.3 is 9.73 Å². The second-order valence-corrected chi connectivity index (χ2v) is 8.78. The summed E-state index contributed by atoms with van der Waals surface area (Å²) in [5.41, 5.74) is 6.79. The molecule has 0 aliphatic carbocycles. The van der Waals surface area contributed by atoms with Crippen LogP contribution in [0.1, 0.15) is 62.6 Å². The molecule has 0 radical (unpaired) electrons. The number of benzene rings is 3. The molecule has 0 saturated carbocycles. The Balaban J connectivity index is 1.42. The molecule has 4 nitrogen and oxygen atoms in total. The number of rotatable bonds is 7. The van der Waals surface area contributed by atoms with E-state index in [0.717, 1.165) is 34.3 Å². The van der Waals surface area contributed by atoms with Crippen molar-refractivity contribution in [3.8, 4) is 11.5 Å². The van der Waals surface area contributed by atoms with Gasteiger partial charge in [-0.05, 0) is 77.4 Å². The standard InChI is InChI=1S/C29H30N2O2/c1-5-20(4)24-13-16-27-26(18-24)31-29(33-27)23-11-14-25(15-12-23)30-28(32)17-8-21-6-9-22(10-7-21)19(2)3/h6-20H,5H2,1-4H3,(H,30,32). The van der Waals surface area contributed by atoms with Gasteiger partial charge in [-0.3, -0.25) is 4.79 Å². The third-order valence-corrected chi connectivity index (χ3v) is 6.02. The third kappa shape index (κ3) is 5.40. The Kier molecular flexibility index (Phi) is 6.74. The highest BCUT2D eigenvalue weighted by molar-refractivity contribution is 6.02. The van der Waals surface area contributed by atoms with E-state index in [1.54, 1.807) is 6.08 Å². The number of nitrogens with one attached hydrogen (secondary N) is 1. The zero-order valence-electron chi connectivity index (χ0n) is 19.6. The molecule has 168 valence electrons. The molecular weight excluding hydrogens is 408 g/mol. The molecule has 0 spiro atoms. The van der Waals surface area contributed by atoms with Gasteiger partial charge in [0, 0.05) is 17.3 Å². The number of nitrogens with zero attached hydrogens (tertiary/aromatic N) is 1. The molecule has 0 bridgehead atoms. The first-order chi connectivity index (χ1) is 15.9. The van der Waals surface area contributed by atoms with Gasteiger partial charge in [-0.1, -0.05) is 58.0 Å². The number of aromatic nitrogens is 1. The van der Waals surface area contributed by atoms with Crippen molar-refractivity contribution < 1.29 is 9.21 Å². The van der Waals surface area contributed by atoms with E-state index >= 15 is 0 Å². The average molecular weight is 439 g/mol. The first-order valence-corrected chi connectivity index (χ1v) is 11.5. The van der Waals surface area contributed by atoms with Crippen LogP contribution in [0, 0.1) is 0 Å². The summed E-state index contributed by atoms with van der Waals surface area (Å²) in [6.07, 6.45) is 4.46. The predicted octanol–water partition coefficient (Wildman–Crippen LogP) is 7.78. The number of fused-ring (bicyclic) bond motifs is 1. The van der Waals surface area contributed by atoms with E-state index in [0.29, 0.717) is 17.7 Å². The van der Waals surface area contributed by atoms with Crippen molar-refractivity contribution in [1.82, 2.24) is 4.98 Å². The second kappa shape index (κ2) is 9.86. The lowest BCUT2D eigenvalue weighted by Gasteiger charge is -2.07. The van der Waals surface area contributed by atoms with Crippen molar-refractivity contribution in [2.75, 3.05) is 5.32 Å². The number of amides is 1. The van der Waals surface area contributed by atoms with Crippen molar-refractivity contribution in [1.29, 1.82) is 0 Å². The van der Waals surface area contributed by atoms with E-state index in [9.17, 15) is 4.79 Å². The zero-order chi connectivity index (χ0) is 23.4. The van der Waals surface area contributed by atoms with E-state index in [1.807, 2.05) is 48.5 Å². The van der Waals surface area contributed by atoms with Crippen LogP contribution in [0.3, 0.4) is 0 Å². The lowest BCUT2D eigenvalue weighted by atomic mass is 9.98. The number of carbonyl (C=O) groups excluding carboxylic acids is 1. The van der Waals surface area contributed by atoms with Crippen molar-refractivity contribution in [2.45, 2.75) is 46.0 Å². The fourth-order valence-electron chi connectivity index (χ4n) is 3.65. The zero-order valence-corrected chi connectivity index (χ0v) is 19.6. The van der Waals surface area contributed by atoms with Crippen molar-refractivity contribution in [3.05, 3.63) is 89.5 Å². The smallest absolute Gasteiger partial charge is 0.248 e. The minimum Gasteiger partial charge on any atom is -0.436 e. The molecule has 1 unspecified atom stereocenters. The summed E-state index contributed by atoms with van der Waals surface area (Å²) in [6.45, 7) is 8.73. The maximum Gasteiger partial charge on any atom is 0.248 e. The summed E-state index contributed by atoms with van der Waals surface area (Å²) in [5, 5.41) is 2.90. The molecule has 0 aliphatic heterocycles. The second-order valence-electron chi connectivity index (χ2n) is 8.78. The molecule has 4 rings (SSSR count). The highest BCUT2D eigenvalue weighted by atomic mass is 16.3. The van der Waals surface area contributed by atoms with E-state index in [-0.39, 0.29) is 5.91 Å². The first-order valence-electron chi connectivity index (χ1n) is 11.5. The topological polar surface area (TPSA) is 55.1 Å². The molecule has 1 aromatic heterocycles. The molecule has 1 atom stereocenters. The van der Waals surface area contributed by atoms with Gasteiger partial charge in [0.15, 0.2) is 5.58 Å². The number of hydrogen-bond donors (Lipinski definition) is 1. The monoisotopic (exact) mass is 438 g/mol. The minimum atomic E-state index is -0.171. The highest BCUT2D eigenvalue weighted by Gasteiger charge is 2.11. The summed E-state index contributed by atoms with van der Waals surface area (Å²) in [4.78, 5) is 17.0. The van der Waals surface area contributed by atoms with Crippen LogP contribution in [-0.2, 0) is 4.79 Å². The number of carbonyl (C=O) groups is 1. The minimum absolute atomic E-state index is 0.171. The molecule has 0 saturated heterocycles. The Morgan fingerprint density at radius 2 is 1.67 bits per heavy atom. The van der Waals surface area contributed by atoms with Crippen LogP contribution in [-0.4, -0.2) is 10.9 Å². The van der Waals surface area contributed by atoms with Crippen LogP contribution < -0.4 is 5.32 Å². The van der Waals surface area contributed by atoms with Crippen molar-refractivity contribution >= 4 is 28.8 Å². The Bertz CT molecular complexity index is 1270. The predicted molar refractivity (Wildman–Crippen MR) is 136 cm³/mol. The molecule has 33 heavy (non-hydrogen) atoms. The molecule has 4 aromatic rings. The largest absolute Gasteiger partial charge is 0.436 e. The van der Waals surface area contributed by atoms with E-state index in [4.69, 9.17) is 4.42 Å². The summed E-state index contributed by atoms with van der Waals surface area (Å²) < 4.78 is 5.94. The first kappa shape index (κ1) is 22.5. The average Bonchev–Trinajstić information content (AvgIpc) is 3.26. The lowest BCUT2D eigenvalue weighted by molar-refractivity contribution is -0.111. The van der Waals surface area contributed by atoms with Gasteiger partial charge in [-0.15, -0.1) is 0 Å².